The average molecular weight is 932 g/mol. The van der Waals surface area contributed by atoms with Crippen molar-refractivity contribution in [2.45, 2.75) is 10.8 Å². The lowest BCUT2D eigenvalue weighted by atomic mass is 9.56. The topological polar surface area (TPSA) is 3.24 Å². The zero-order chi connectivity index (χ0) is 47.4. The zero-order valence-electron chi connectivity index (χ0n) is 39.3. The normalized spacial score (nSPS) is 14.0. The minimum atomic E-state index is -0.765. The Balaban J connectivity index is 1.19. The lowest BCUT2D eigenvalue weighted by Crippen LogP contribution is -2.44. The number of hydrogen-bond acceptors (Lipinski definition) is 2. The van der Waals surface area contributed by atoms with Crippen LogP contribution in [-0.4, -0.2) is 0 Å². The Morgan fingerprint density at radius 2 is 0.722 bits per heavy atom. The van der Waals surface area contributed by atoms with Gasteiger partial charge in [-0.3, -0.25) is 0 Å². The molecule has 13 aromatic rings. The third-order valence-corrected chi connectivity index (χ3v) is 17.2. The van der Waals surface area contributed by atoms with Crippen molar-refractivity contribution in [3.63, 3.8) is 0 Å². The second-order valence-corrected chi connectivity index (χ2v) is 20.5. The quantitative estimate of drug-likeness (QED) is 0.161. The van der Waals surface area contributed by atoms with Gasteiger partial charge in [-0.05, 0) is 119 Å². The molecule has 0 bridgehead atoms. The fourth-order valence-corrected chi connectivity index (χ4v) is 14.3. The monoisotopic (exact) mass is 931 g/mol. The van der Waals surface area contributed by atoms with Crippen LogP contribution in [0.5, 0.6) is 0 Å². The van der Waals surface area contributed by atoms with Crippen LogP contribution in [0.15, 0.2) is 273 Å². The molecule has 0 saturated heterocycles. The van der Waals surface area contributed by atoms with Gasteiger partial charge in [-0.1, -0.05) is 237 Å². The van der Waals surface area contributed by atoms with Crippen molar-refractivity contribution < 1.29 is 0 Å². The maximum absolute atomic E-state index is 2.67. The lowest BCUT2D eigenvalue weighted by Gasteiger charge is -2.53. The number of rotatable bonds is 6. The Bertz CT molecular complexity index is 4170. The van der Waals surface area contributed by atoms with Gasteiger partial charge >= 0.3 is 0 Å². The zero-order valence-corrected chi connectivity index (χ0v) is 40.2. The van der Waals surface area contributed by atoms with Gasteiger partial charge in [0.05, 0.1) is 27.9 Å². The Morgan fingerprint density at radius 3 is 1.24 bits per heavy atom. The Kier molecular flexibility index (Phi) is 9.03. The van der Waals surface area contributed by atoms with E-state index in [4.69, 9.17) is 0 Å². The maximum atomic E-state index is 2.67. The maximum Gasteiger partial charge on any atom is 0.0756 e. The van der Waals surface area contributed by atoms with Gasteiger partial charge in [0, 0.05) is 25.7 Å². The van der Waals surface area contributed by atoms with Crippen molar-refractivity contribution in [3.8, 4) is 22.3 Å². The van der Waals surface area contributed by atoms with E-state index in [2.05, 4.69) is 278 Å². The molecule has 15 rings (SSSR count). The van der Waals surface area contributed by atoms with Crippen LogP contribution >= 0.6 is 11.3 Å². The molecule has 0 unspecified atom stereocenters. The first-order valence-corrected chi connectivity index (χ1v) is 25.8. The minimum Gasteiger partial charge on any atom is -0.309 e. The molecule has 1 aromatic heterocycles. The summed E-state index contributed by atoms with van der Waals surface area (Å²) < 4.78 is 2.59. The van der Waals surface area contributed by atoms with Gasteiger partial charge in [0.25, 0.3) is 0 Å². The fraction of sp³-hybridized carbons (Fsp3) is 0.0286. The Labute approximate surface area is 423 Å². The molecule has 0 atom stereocenters. The molecule has 1 nitrogen and oxygen atoms in total. The molecule has 0 amide bonds. The van der Waals surface area contributed by atoms with Crippen molar-refractivity contribution in [3.05, 3.63) is 317 Å². The van der Waals surface area contributed by atoms with Gasteiger partial charge < -0.3 is 4.90 Å². The van der Waals surface area contributed by atoms with Crippen molar-refractivity contribution in [2.24, 2.45) is 0 Å². The second-order valence-electron chi connectivity index (χ2n) is 19.4. The summed E-state index contributed by atoms with van der Waals surface area (Å²) in [4.78, 5) is 2.67. The predicted octanol–water partition coefficient (Wildman–Crippen LogP) is 18.6. The summed E-state index contributed by atoms with van der Waals surface area (Å²) in [7, 11) is 0. The van der Waals surface area contributed by atoms with Crippen LogP contribution in [0.2, 0.25) is 0 Å². The number of nitrogens with zero attached hydrogens (tertiary/aromatic N) is 1. The van der Waals surface area contributed by atoms with Gasteiger partial charge in [0.15, 0.2) is 0 Å². The van der Waals surface area contributed by atoms with E-state index in [-0.39, 0.29) is 0 Å². The highest BCUT2D eigenvalue weighted by molar-refractivity contribution is 7.26. The molecule has 0 radical (unpaired) electrons. The van der Waals surface area contributed by atoms with Crippen molar-refractivity contribution in [1.82, 2.24) is 0 Å². The summed E-state index contributed by atoms with van der Waals surface area (Å²) in [5, 5.41) is 7.51. The molecule has 0 saturated carbocycles. The van der Waals surface area contributed by atoms with Gasteiger partial charge in [-0.2, -0.15) is 0 Å². The van der Waals surface area contributed by atoms with Crippen LogP contribution < -0.4 is 4.90 Å². The van der Waals surface area contributed by atoms with Crippen molar-refractivity contribution in [2.75, 3.05) is 4.90 Å². The van der Waals surface area contributed by atoms with Gasteiger partial charge in [-0.15, -0.1) is 11.3 Å². The Hall–Kier alpha value is -8.82. The standard InChI is InChI=1S/C70H45NS/c1-5-25-50(26-6-1)69(51-27-7-2-8-28-51)60-43-48(56-36-19-23-46-21-13-15-33-54(46)56)39-41-63(60)71-64-42-40-49(57-37-20-24-47-22-14-16-34-55(47)57)44-61(64)70(52-29-9-3-10-30-52,53-31-11-4-12-32-53)66-67(71)62(69)45-59-58-35-17-18-38-65(58)72-68(59)66/h1-45H. The number of thiophene rings is 1. The van der Waals surface area contributed by atoms with E-state index in [0.29, 0.717) is 0 Å². The molecular weight excluding hydrogens is 887 g/mol. The molecule has 12 aromatic carbocycles. The van der Waals surface area contributed by atoms with Crippen molar-refractivity contribution >= 4 is 70.1 Å². The highest BCUT2D eigenvalue weighted by Crippen LogP contribution is 2.68. The van der Waals surface area contributed by atoms with Gasteiger partial charge in [0.2, 0.25) is 0 Å². The summed E-state index contributed by atoms with van der Waals surface area (Å²) in [5.41, 5.74) is 16.9. The first kappa shape index (κ1) is 41.0. The average Bonchev–Trinajstić information content (AvgIpc) is 3.85. The summed E-state index contributed by atoms with van der Waals surface area (Å²) in [6, 6.07) is 103. The van der Waals surface area contributed by atoms with Crippen LogP contribution in [0.3, 0.4) is 0 Å². The molecule has 336 valence electrons. The van der Waals surface area contributed by atoms with Gasteiger partial charge in [-0.25, -0.2) is 0 Å². The van der Waals surface area contributed by atoms with E-state index in [1.807, 2.05) is 11.3 Å². The van der Waals surface area contributed by atoms with E-state index < -0.39 is 10.8 Å². The summed E-state index contributed by atoms with van der Waals surface area (Å²) in [6.07, 6.45) is 0. The smallest absolute Gasteiger partial charge is 0.0756 e. The molecule has 0 N–H and O–H groups in total. The van der Waals surface area contributed by atoms with E-state index in [9.17, 15) is 0 Å². The van der Waals surface area contributed by atoms with Crippen LogP contribution in [0, 0.1) is 0 Å². The highest BCUT2D eigenvalue weighted by atomic mass is 32.1. The number of hydrogen-bond donors (Lipinski definition) is 0. The molecule has 72 heavy (non-hydrogen) atoms. The summed E-state index contributed by atoms with van der Waals surface area (Å²) >= 11 is 1.94. The second kappa shape index (κ2) is 15.8. The number of anilines is 3. The molecule has 0 spiro atoms. The molecule has 2 aliphatic rings. The third kappa shape index (κ3) is 5.64. The fourth-order valence-electron chi connectivity index (χ4n) is 13.0. The summed E-state index contributed by atoms with van der Waals surface area (Å²) in [5.74, 6) is 0. The first-order chi connectivity index (χ1) is 35.7. The summed E-state index contributed by atoms with van der Waals surface area (Å²) in [6.45, 7) is 0. The van der Waals surface area contributed by atoms with Crippen LogP contribution in [0.4, 0.5) is 17.1 Å². The Morgan fingerprint density at radius 1 is 0.306 bits per heavy atom. The van der Waals surface area contributed by atoms with Crippen molar-refractivity contribution in [1.29, 1.82) is 0 Å². The molecule has 2 heteroatoms. The number of benzene rings is 12. The van der Waals surface area contributed by atoms with Crippen LogP contribution in [0.25, 0.3) is 64.0 Å². The van der Waals surface area contributed by atoms with Crippen LogP contribution in [-0.2, 0) is 10.8 Å². The lowest BCUT2D eigenvalue weighted by molar-refractivity contribution is 0.696. The molecule has 2 aliphatic heterocycles. The first-order valence-electron chi connectivity index (χ1n) is 25.0. The van der Waals surface area contributed by atoms with E-state index >= 15 is 0 Å². The van der Waals surface area contributed by atoms with E-state index in [0.717, 1.165) is 0 Å². The number of fused-ring (bicyclic) bond motifs is 10. The SMILES string of the molecule is c1ccc(C2(c3ccccc3)c3cc(-c4cccc5ccccc45)ccc3N3c4ccc(-c5cccc6ccccc56)cc4C(c4ccccc4)(c4ccccc4)c4c3c2cc2c4sc3ccccc32)cc1. The largest absolute Gasteiger partial charge is 0.309 e. The predicted molar refractivity (Wildman–Crippen MR) is 304 cm³/mol. The molecular formula is C70H45NS. The highest BCUT2D eigenvalue weighted by Gasteiger charge is 2.55. The van der Waals surface area contributed by atoms with E-state index in [1.165, 1.54) is 126 Å². The van der Waals surface area contributed by atoms with Gasteiger partial charge in [0.1, 0.15) is 0 Å². The molecule has 0 aliphatic carbocycles. The van der Waals surface area contributed by atoms with E-state index in [1.54, 1.807) is 0 Å². The molecule has 3 heterocycles. The van der Waals surface area contributed by atoms with Crippen LogP contribution in [0.1, 0.15) is 44.5 Å². The third-order valence-electron chi connectivity index (χ3n) is 16.0. The minimum absolute atomic E-state index is 0.754. The molecule has 0 fully saturated rings.